The van der Waals surface area contributed by atoms with Crippen molar-refractivity contribution in [3.8, 4) is 16.9 Å². The van der Waals surface area contributed by atoms with Crippen molar-refractivity contribution in [2.75, 3.05) is 0 Å². The number of aryl methyl sites for hydroxylation is 1. The van der Waals surface area contributed by atoms with Crippen molar-refractivity contribution >= 4 is 15.9 Å². The lowest BCUT2D eigenvalue weighted by atomic mass is 10.00. The highest BCUT2D eigenvalue weighted by atomic mass is 79.9. The zero-order valence-corrected chi connectivity index (χ0v) is 18.1. The number of hydrogen-bond donors (Lipinski definition) is 0. The number of benzene rings is 3. The molecule has 0 spiro atoms. The van der Waals surface area contributed by atoms with Gasteiger partial charge in [-0.2, -0.15) is 8.78 Å². The van der Waals surface area contributed by atoms with E-state index in [2.05, 4.69) is 47.1 Å². The van der Waals surface area contributed by atoms with Crippen LogP contribution < -0.4 is 4.74 Å². The first kappa shape index (κ1) is 21.5. The SMILES string of the molecule is CCCCCCc1ccc(-c2ccc(C(F)(F)Oc3ccc(Br)cc3)cc2)cc1. The molecular formula is C25H25BrF2O. The van der Waals surface area contributed by atoms with E-state index in [4.69, 9.17) is 4.74 Å². The molecule has 0 aliphatic rings. The fourth-order valence-corrected chi connectivity index (χ4v) is 3.45. The maximum absolute atomic E-state index is 14.5. The molecule has 4 heteroatoms. The van der Waals surface area contributed by atoms with E-state index in [9.17, 15) is 8.78 Å². The molecule has 0 heterocycles. The first-order valence-electron chi connectivity index (χ1n) is 10.00. The molecule has 0 fully saturated rings. The summed E-state index contributed by atoms with van der Waals surface area (Å²) in [4.78, 5) is 0. The molecule has 0 aliphatic heterocycles. The van der Waals surface area contributed by atoms with E-state index in [1.807, 2.05) is 0 Å². The van der Waals surface area contributed by atoms with E-state index in [1.165, 1.54) is 55.5 Å². The van der Waals surface area contributed by atoms with Gasteiger partial charge >= 0.3 is 6.11 Å². The summed E-state index contributed by atoms with van der Waals surface area (Å²) in [5.74, 6) is 0.122. The monoisotopic (exact) mass is 458 g/mol. The predicted molar refractivity (Wildman–Crippen MR) is 118 cm³/mol. The molecule has 0 aromatic heterocycles. The molecule has 1 nitrogen and oxygen atoms in total. The summed E-state index contributed by atoms with van der Waals surface area (Å²) < 4.78 is 34.7. The van der Waals surface area contributed by atoms with Crippen molar-refractivity contribution in [3.05, 3.63) is 88.4 Å². The van der Waals surface area contributed by atoms with Crippen LogP contribution in [0.25, 0.3) is 11.1 Å². The van der Waals surface area contributed by atoms with Gasteiger partial charge in [0.25, 0.3) is 0 Å². The third-order valence-corrected chi connectivity index (χ3v) is 5.42. The lowest BCUT2D eigenvalue weighted by Gasteiger charge is -2.18. The number of unbranched alkanes of at least 4 members (excludes halogenated alkanes) is 3. The van der Waals surface area contributed by atoms with E-state index in [1.54, 1.807) is 24.3 Å². The van der Waals surface area contributed by atoms with Crippen LogP contribution in [0, 0.1) is 0 Å². The summed E-state index contributed by atoms with van der Waals surface area (Å²) in [6.07, 6.45) is 2.67. The highest BCUT2D eigenvalue weighted by Crippen LogP contribution is 2.33. The second kappa shape index (κ2) is 10.0. The minimum Gasteiger partial charge on any atom is -0.429 e. The maximum atomic E-state index is 14.5. The van der Waals surface area contributed by atoms with Crippen LogP contribution in [0.1, 0.15) is 43.7 Å². The molecule has 0 unspecified atom stereocenters. The van der Waals surface area contributed by atoms with E-state index in [-0.39, 0.29) is 11.3 Å². The quantitative estimate of drug-likeness (QED) is 0.292. The Balaban J connectivity index is 1.65. The van der Waals surface area contributed by atoms with Crippen molar-refractivity contribution < 1.29 is 13.5 Å². The van der Waals surface area contributed by atoms with E-state index >= 15 is 0 Å². The number of alkyl halides is 2. The smallest absolute Gasteiger partial charge is 0.426 e. The van der Waals surface area contributed by atoms with Crippen LogP contribution >= 0.6 is 15.9 Å². The van der Waals surface area contributed by atoms with Gasteiger partial charge in [-0.3, -0.25) is 0 Å². The number of halogens is 3. The summed E-state index contributed by atoms with van der Waals surface area (Å²) in [6.45, 7) is 2.21. The third-order valence-electron chi connectivity index (χ3n) is 4.89. The number of ether oxygens (including phenoxy) is 1. The standard InChI is InChI=1S/C25H25BrF2O/c1-2-3-4-5-6-19-7-9-20(10-8-19)21-11-13-22(14-12-21)25(27,28)29-24-17-15-23(26)16-18-24/h7-18H,2-6H2,1H3. The largest absolute Gasteiger partial charge is 0.429 e. The second-order valence-corrected chi connectivity index (χ2v) is 8.07. The Bertz CT molecular complexity index is 888. The highest BCUT2D eigenvalue weighted by Gasteiger charge is 2.34. The lowest BCUT2D eigenvalue weighted by molar-refractivity contribution is -0.185. The van der Waals surface area contributed by atoms with Crippen LogP contribution in [0.4, 0.5) is 8.78 Å². The summed E-state index contributed by atoms with van der Waals surface area (Å²) in [6, 6.07) is 21.0. The van der Waals surface area contributed by atoms with Crippen LogP contribution in [-0.4, -0.2) is 0 Å². The Hall–Kier alpha value is -2.20. The maximum Gasteiger partial charge on any atom is 0.426 e. The summed E-state index contributed by atoms with van der Waals surface area (Å²) in [5, 5.41) is 0. The van der Waals surface area contributed by atoms with Gasteiger partial charge in [-0.05, 0) is 65.9 Å². The zero-order valence-electron chi connectivity index (χ0n) is 16.5. The predicted octanol–water partition coefficient (Wildman–Crippen LogP) is 8.37. The molecule has 152 valence electrons. The van der Waals surface area contributed by atoms with Crippen molar-refractivity contribution in [1.29, 1.82) is 0 Å². The molecular weight excluding hydrogens is 434 g/mol. The first-order valence-corrected chi connectivity index (χ1v) is 10.8. The van der Waals surface area contributed by atoms with Gasteiger partial charge < -0.3 is 4.74 Å². The van der Waals surface area contributed by atoms with E-state index < -0.39 is 6.11 Å². The fraction of sp³-hybridized carbons (Fsp3) is 0.280. The number of hydrogen-bond acceptors (Lipinski definition) is 1. The molecule has 0 radical (unpaired) electrons. The minimum absolute atomic E-state index is 0.122. The first-order chi connectivity index (χ1) is 14.0. The Morgan fingerprint density at radius 3 is 1.93 bits per heavy atom. The summed E-state index contributed by atoms with van der Waals surface area (Å²) in [7, 11) is 0. The Morgan fingerprint density at radius 1 is 0.759 bits per heavy atom. The van der Waals surface area contributed by atoms with Gasteiger partial charge in [0.1, 0.15) is 5.75 Å². The van der Waals surface area contributed by atoms with Crippen LogP contribution in [-0.2, 0) is 12.5 Å². The molecule has 29 heavy (non-hydrogen) atoms. The minimum atomic E-state index is -3.39. The van der Waals surface area contributed by atoms with E-state index in [0.29, 0.717) is 0 Å². The Morgan fingerprint density at radius 2 is 1.34 bits per heavy atom. The molecule has 0 amide bonds. The molecule has 0 aliphatic carbocycles. The van der Waals surface area contributed by atoms with Crippen LogP contribution in [0.5, 0.6) is 5.75 Å². The molecule has 0 N–H and O–H groups in total. The molecule has 0 bridgehead atoms. The van der Waals surface area contributed by atoms with Gasteiger partial charge in [0.2, 0.25) is 0 Å². The molecule has 0 atom stereocenters. The summed E-state index contributed by atoms with van der Waals surface area (Å²) >= 11 is 3.28. The second-order valence-electron chi connectivity index (χ2n) is 7.16. The van der Waals surface area contributed by atoms with Gasteiger partial charge in [0.05, 0.1) is 5.56 Å². The average molecular weight is 459 g/mol. The molecule has 3 rings (SSSR count). The van der Waals surface area contributed by atoms with Gasteiger partial charge in [-0.25, -0.2) is 0 Å². The Labute approximate surface area is 179 Å². The van der Waals surface area contributed by atoms with Gasteiger partial charge in [-0.1, -0.05) is 78.5 Å². The Kier molecular flexibility index (Phi) is 7.43. The van der Waals surface area contributed by atoms with Crippen molar-refractivity contribution in [1.82, 2.24) is 0 Å². The fourth-order valence-electron chi connectivity index (χ4n) is 3.19. The molecule has 3 aromatic rings. The molecule has 0 saturated heterocycles. The van der Waals surface area contributed by atoms with Crippen molar-refractivity contribution in [3.63, 3.8) is 0 Å². The average Bonchev–Trinajstić information content (AvgIpc) is 2.73. The molecule has 0 saturated carbocycles. The van der Waals surface area contributed by atoms with Gasteiger partial charge in [-0.15, -0.1) is 0 Å². The normalized spacial score (nSPS) is 11.4. The van der Waals surface area contributed by atoms with Crippen LogP contribution in [0.2, 0.25) is 0 Å². The topological polar surface area (TPSA) is 9.23 Å². The van der Waals surface area contributed by atoms with Crippen molar-refractivity contribution in [2.45, 2.75) is 45.1 Å². The van der Waals surface area contributed by atoms with Gasteiger partial charge in [0.15, 0.2) is 0 Å². The third kappa shape index (κ3) is 6.14. The lowest BCUT2D eigenvalue weighted by Crippen LogP contribution is -2.21. The zero-order chi connectivity index (χ0) is 20.7. The number of rotatable bonds is 9. The summed E-state index contributed by atoms with van der Waals surface area (Å²) in [5.41, 5.74) is 3.07. The van der Waals surface area contributed by atoms with Crippen LogP contribution in [0.15, 0.2) is 77.3 Å². The molecule has 3 aromatic carbocycles. The van der Waals surface area contributed by atoms with Crippen LogP contribution in [0.3, 0.4) is 0 Å². The van der Waals surface area contributed by atoms with Gasteiger partial charge in [0, 0.05) is 4.47 Å². The van der Waals surface area contributed by atoms with Crippen molar-refractivity contribution in [2.24, 2.45) is 0 Å². The van der Waals surface area contributed by atoms with E-state index in [0.717, 1.165) is 22.0 Å². The highest BCUT2D eigenvalue weighted by molar-refractivity contribution is 9.10.